The Morgan fingerprint density at radius 3 is 2.41 bits per heavy atom. The zero-order valence-corrected chi connectivity index (χ0v) is 21.3. The second-order valence-electron chi connectivity index (χ2n) is 9.29. The van der Waals surface area contributed by atoms with Gasteiger partial charge in [-0.15, -0.1) is 0 Å². The lowest BCUT2D eigenvalue weighted by Gasteiger charge is -2.26. The lowest BCUT2D eigenvalue weighted by Crippen LogP contribution is -2.29. The number of amides is 1. The minimum atomic E-state index is -0.714. The zero-order valence-electron chi connectivity index (χ0n) is 21.3. The number of para-hydroxylation sites is 1. The van der Waals surface area contributed by atoms with Crippen molar-refractivity contribution in [2.75, 3.05) is 25.2 Å². The third-order valence-corrected chi connectivity index (χ3v) is 6.28. The van der Waals surface area contributed by atoms with Crippen LogP contribution < -0.4 is 24.5 Å². The third kappa shape index (κ3) is 4.42. The Bertz CT molecular complexity index is 1510. The average Bonchev–Trinajstić information content (AvgIpc) is 3.20. The van der Waals surface area contributed by atoms with Crippen molar-refractivity contribution in [1.82, 2.24) is 0 Å². The van der Waals surface area contributed by atoms with Gasteiger partial charge in [0.1, 0.15) is 11.3 Å². The molecule has 5 rings (SSSR count). The first-order valence-corrected chi connectivity index (χ1v) is 12.4. The Morgan fingerprint density at radius 1 is 0.946 bits per heavy atom. The lowest BCUT2D eigenvalue weighted by molar-refractivity contribution is 0.0971. The van der Waals surface area contributed by atoms with Gasteiger partial charge in [0, 0.05) is 5.69 Å². The van der Waals surface area contributed by atoms with Gasteiger partial charge in [-0.05, 0) is 66.9 Å². The van der Waals surface area contributed by atoms with E-state index < -0.39 is 6.04 Å². The fourth-order valence-electron chi connectivity index (χ4n) is 4.60. The fraction of sp³-hybridized carbons (Fsp3) is 0.267. The second-order valence-corrected chi connectivity index (χ2v) is 9.29. The smallest absolute Gasteiger partial charge is 0.295 e. The maximum atomic E-state index is 13.8. The van der Waals surface area contributed by atoms with Crippen LogP contribution in [0.2, 0.25) is 0 Å². The molecule has 7 nitrogen and oxygen atoms in total. The number of hydrogen-bond acceptors (Lipinski definition) is 6. The van der Waals surface area contributed by atoms with E-state index in [1.54, 1.807) is 48.4 Å². The van der Waals surface area contributed by atoms with E-state index in [4.69, 9.17) is 18.6 Å². The normalized spacial score (nSPS) is 14.8. The van der Waals surface area contributed by atoms with Gasteiger partial charge in [-0.2, -0.15) is 0 Å². The molecule has 4 aromatic rings. The van der Waals surface area contributed by atoms with Crippen molar-refractivity contribution in [3.63, 3.8) is 0 Å². The first kappa shape index (κ1) is 24.4. The van der Waals surface area contributed by atoms with Gasteiger partial charge in [-0.25, -0.2) is 0 Å². The summed E-state index contributed by atoms with van der Waals surface area (Å²) in [7, 11) is 1.57. The summed E-state index contributed by atoms with van der Waals surface area (Å²) in [5.74, 6) is 1.82. The maximum absolute atomic E-state index is 13.8. The zero-order chi connectivity index (χ0) is 26.1. The van der Waals surface area contributed by atoms with Crippen LogP contribution in [0.5, 0.6) is 17.2 Å². The van der Waals surface area contributed by atoms with Gasteiger partial charge in [-0.1, -0.05) is 32.0 Å². The SMILES string of the molecule is CCOc1ccc(N2C(=O)c3oc4ccccc4c(=O)c3C2c2ccc(OCC(C)C)c(OC)c2)cc1. The highest BCUT2D eigenvalue weighted by Gasteiger charge is 2.44. The van der Waals surface area contributed by atoms with Gasteiger partial charge in [0.25, 0.3) is 5.91 Å². The lowest BCUT2D eigenvalue weighted by atomic mass is 9.97. The fourth-order valence-corrected chi connectivity index (χ4v) is 4.60. The molecule has 2 heterocycles. The molecule has 1 unspecified atom stereocenters. The molecule has 0 bridgehead atoms. The number of hydrogen-bond donors (Lipinski definition) is 0. The van der Waals surface area contributed by atoms with E-state index in [-0.39, 0.29) is 17.1 Å². The molecule has 0 fully saturated rings. The van der Waals surface area contributed by atoms with E-state index in [1.807, 2.05) is 37.3 Å². The first-order valence-electron chi connectivity index (χ1n) is 12.4. The van der Waals surface area contributed by atoms with Gasteiger partial charge in [0.15, 0.2) is 16.9 Å². The number of methoxy groups -OCH3 is 1. The van der Waals surface area contributed by atoms with Crippen LogP contribution in [-0.4, -0.2) is 26.2 Å². The molecule has 7 heteroatoms. The third-order valence-electron chi connectivity index (χ3n) is 6.28. The van der Waals surface area contributed by atoms with Crippen molar-refractivity contribution in [1.29, 1.82) is 0 Å². The summed E-state index contributed by atoms with van der Waals surface area (Å²) in [6.45, 7) is 7.12. The number of rotatable bonds is 8. The highest BCUT2D eigenvalue weighted by molar-refractivity contribution is 6.10. The molecule has 0 N–H and O–H groups in total. The van der Waals surface area contributed by atoms with E-state index >= 15 is 0 Å². The Labute approximate surface area is 215 Å². The monoisotopic (exact) mass is 499 g/mol. The van der Waals surface area contributed by atoms with Crippen LogP contribution in [0, 0.1) is 5.92 Å². The minimum absolute atomic E-state index is 0.0432. The highest BCUT2D eigenvalue weighted by atomic mass is 16.5. The summed E-state index contributed by atoms with van der Waals surface area (Å²) in [4.78, 5) is 29.1. The van der Waals surface area contributed by atoms with Gasteiger partial charge >= 0.3 is 0 Å². The van der Waals surface area contributed by atoms with Crippen LogP contribution in [0.3, 0.4) is 0 Å². The molecule has 1 aromatic heterocycles. The van der Waals surface area contributed by atoms with Gasteiger partial charge in [0.05, 0.1) is 37.3 Å². The summed E-state index contributed by atoms with van der Waals surface area (Å²) in [6.07, 6.45) is 0. The van der Waals surface area contributed by atoms with E-state index in [1.165, 1.54) is 0 Å². The molecular formula is C30H29NO6. The van der Waals surface area contributed by atoms with Gasteiger partial charge in [0.2, 0.25) is 5.76 Å². The van der Waals surface area contributed by atoms with Crippen molar-refractivity contribution in [2.24, 2.45) is 5.92 Å². The van der Waals surface area contributed by atoms with Crippen LogP contribution in [0.15, 0.2) is 75.9 Å². The topological polar surface area (TPSA) is 78.2 Å². The summed E-state index contributed by atoms with van der Waals surface area (Å²) in [5, 5.41) is 0.427. The molecular weight excluding hydrogens is 470 g/mol. The summed E-state index contributed by atoms with van der Waals surface area (Å²) < 4.78 is 23.2. The Balaban J connectivity index is 1.68. The molecule has 190 valence electrons. The molecule has 1 amide bonds. The predicted molar refractivity (Wildman–Crippen MR) is 142 cm³/mol. The number of fused-ring (bicyclic) bond motifs is 2. The molecule has 1 aliphatic heterocycles. The largest absolute Gasteiger partial charge is 0.494 e. The van der Waals surface area contributed by atoms with Gasteiger partial charge < -0.3 is 18.6 Å². The van der Waals surface area contributed by atoms with Crippen LogP contribution in [0.1, 0.15) is 48.5 Å². The first-order chi connectivity index (χ1) is 17.9. The molecule has 3 aromatic carbocycles. The Hall–Kier alpha value is -4.26. The molecule has 0 radical (unpaired) electrons. The molecule has 0 saturated heterocycles. The highest BCUT2D eigenvalue weighted by Crippen LogP contribution is 2.43. The number of benzene rings is 3. The Morgan fingerprint density at radius 2 is 1.70 bits per heavy atom. The summed E-state index contributed by atoms with van der Waals surface area (Å²) in [5.41, 5.74) is 1.77. The van der Waals surface area contributed by atoms with E-state index in [0.717, 1.165) is 0 Å². The Kier molecular flexibility index (Phi) is 6.61. The van der Waals surface area contributed by atoms with E-state index in [9.17, 15) is 9.59 Å². The van der Waals surface area contributed by atoms with Crippen molar-refractivity contribution >= 4 is 22.6 Å². The summed E-state index contributed by atoms with van der Waals surface area (Å²) >= 11 is 0. The predicted octanol–water partition coefficient (Wildman–Crippen LogP) is 5.98. The molecule has 1 aliphatic rings. The van der Waals surface area contributed by atoms with E-state index in [0.29, 0.717) is 64.2 Å². The number of ether oxygens (including phenoxy) is 3. The average molecular weight is 500 g/mol. The second kappa shape index (κ2) is 10.0. The van der Waals surface area contributed by atoms with Gasteiger partial charge in [-0.3, -0.25) is 14.5 Å². The van der Waals surface area contributed by atoms with Crippen molar-refractivity contribution in [3.05, 3.63) is 93.8 Å². The molecule has 0 spiro atoms. The van der Waals surface area contributed by atoms with Crippen LogP contribution in [-0.2, 0) is 0 Å². The standard InChI is InChI=1S/C30H29NO6/c1-5-35-21-13-11-20(12-14-21)31-27(19-10-15-24(25(16-19)34-4)36-17-18(2)3)26-28(32)22-8-6-7-9-23(22)37-29(26)30(31)33/h6-16,18,27H,5,17H2,1-4H3. The van der Waals surface area contributed by atoms with Crippen LogP contribution >= 0.6 is 0 Å². The number of nitrogens with zero attached hydrogens (tertiary/aromatic N) is 1. The molecule has 0 aliphatic carbocycles. The van der Waals surface area contributed by atoms with Crippen LogP contribution in [0.25, 0.3) is 11.0 Å². The number of carbonyl (C=O) groups is 1. The maximum Gasteiger partial charge on any atom is 0.295 e. The van der Waals surface area contributed by atoms with Crippen molar-refractivity contribution in [2.45, 2.75) is 26.8 Å². The van der Waals surface area contributed by atoms with Crippen molar-refractivity contribution in [3.8, 4) is 17.2 Å². The number of anilines is 1. The summed E-state index contributed by atoms with van der Waals surface area (Å²) in [6, 6.07) is 19.0. The molecule has 37 heavy (non-hydrogen) atoms. The molecule has 0 saturated carbocycles. The van der Waals surface area contributed by atoms with Crippen LogP contribution in [0.4, 0.5) is 5.69 Å². The van der Waals surface area contributed by atoms with Crippen molar-refractivity contribution < 1.29 is 23.4 Å². The van der Waals surface area contributed by atoms with E-state index in [2.05, 4.69) is 13.8 Å². The minimum Gasteiger partial charge on any atom is -0.494 e. The number of carbonyl (C=O) groups excluding carboxylic acids is 1. The molecule has 1 atom stereocenters. The quantitative estimate of drug-likeness (QED) is 0.297.